The van der Waals surface area contributed by atoms with E-state index in [2.05, 4.69) is 4.28 Å². The van der Waals surface area contributed by atoms with Gasteiger partial charge >= 0.3 is 98.4 Å². The Labute approximate surface area is 238 Å². The number of rotatable bonds is 13. The fourth-order valence-corrected chi connectivity index (χ4v) is 2.68. The van der Waals surface area contributed by atoms with Crippen LogP contribution in [0.1, 0.15) is 13.3 Å². The Bertz CT molecular complexity index is 835. The summed E-state index contributed by atoms with van der Waals surface area (Å²) >= 11 is -5.43. The van der Waals surface area contributed by atoms with Crippen molar-refractivity contribution in [1.82, 2.24) is 5.06 Å². The van der Waals surface area contributed by atoms with Crippen LogP contribution < -0.4 is 56.5 Å². The van der Waals surface area contributed by atoms with Gasteiger partial charge in [0.1, 0.15) is 0 Å². The average molecular weight is 637 g/mol. The second kappa shape index (κ2) is 11.8. The van der Waals surface area contributed by atoms with Gasteiger partial charge in [-0.3, -0.25) is 0 Å². The van der Waals surface area contributed by atoms with E-state index in [1.54, 1.807) is 0 Å². The van der Waals surface area contributed by atoms with Crippen LogP contribution in [0, 0.1) is 0 Å². The molecule has 0 saturated heterocycles. The SMILES string of the molecule is CCCN(CC(=O)[O-])OS(=O)C(F)(F)C(F)(F)C(F)(F)C(F)(F)C(F)(F)C(F)(F)C(F)(F)C(F)(F)F.[K+]. The van der Waals surface area contributed by atoms with Crippen LogP contribution in [-0.4, -0.2) is 75.3 Å². The summed E-state index contributed by atoms with van der Waals surface area (Å²) in [6.07, 6.45) is -8.25. The molecule has 0 radical (unpaired) electrons. The third kappa shape index (κ3) is 6.50. The molecular formula is C13H9F17KNO4S. The molecule has 0 amide bonds. The Kier molecular flexibility index (Phi) is 12.5. The van der Waals surface area contributed by atoms with E-state index in [-0.39, 0.29) is 57.8 Å². The molecule has 0 heterocycles. The summed E-state index contributed by atoms with van der Waals surface area (Å²) in [7, 11) is 0. The number of carbonyl (C=O) groups excluding carboxylic acids is 1. The average Bonchev–Trinajstić information content (AvgIpc) is 2.65. The van der Waals surface area contributed by atoms with Gasteiger partial charge in [-0.25, -0.2) is 4.21 Å². The number of nitrogens with zero attached hydrogens (tertiary/aromatic N) is 1. The van der Waals surface area contributed by atoms with Crippen LogP contribution >= 0.6 is 0 Å². The molecule has 0 aromatic rings. The molecular weight excluding hydrogens is 628 g/mol. The Morgan fingerprint density at radius 3 is 1.32 bits per heavy atom. The molecule has 5 nitrogen and oxygen atoms in total. The summed E-state index contributed by atoms with van der Waals surface area (Å²) in [5, 5.41) is 2.57. The topological polar surface area (TPSA) is 69.7 Å². The zero-order valence-corrected chi connectivity index (χ0v) is 21.5. The molecule has 0 aliphatic heterocycles. The van der Waals surface area contributed by atoms with Crippen molar-refractivity contribution in [3.05, 3.63) is 0 Å². The van der Waals surface area contributed by atoms with E-state index < -0.39 is 82.2 Å². The van der Waals surface area contributed by atoms with Gasteiger partial charge in [0.15, 0.2) is 0 Å². The number of carboxylic acid groups (broad SMARTS) is 1. The van der Waals surface area contributed by atoms with E-state index in [4.69, 9.17) is 0 Å². The number of hydrogen-bond donors (Lipinski definition) is 0. The predicted molar refractivity (Wildman–Crippen MR) is 76.8 cm³/mol. The summed E-state index contributed by atoms with van der Waals surface area (Å²) in [5.74, 6) is -53.8. The van der Waals surface area contributed by atoms with E-state index in [0.717, 1.165) is 6.92 Å². The molecule has 0 aromatic heterocycles. The van der Waals surface area contributed by atoms with Crippen molar-refractivity contribution in [2.24, 2.45) is 0 Å². The van der Waals surface area contributed by atoms with Crippen LogP contribution in [0.3, 0.4) is 0 Å². The second-order valence-electron chi connectivity index (χ2n) is 6.51. The molecule has 216 valence electrons. The first-order valence-electron chi connectivity index (χ1n) is 8.28. The van der Waals surface area contributed by atoms with Crippen molar-refractivity contribution in [3.8, 4) is 0 Å². The van der Waals surface area contributed by atoms with Gasteiger partial charge in [-0.15, -0.1) is 0 Å². The van der Waals surface area contributed by atoms with Gasteiger partial charge < -0.3 is 9.90 Å². The maximum Gasteiger partial charge on any atom is 1.00 e. The Morgan fingerprint density at radius 2 is 1.03 bits per heavy atom. The molecule has 0 aliphatic rings. The summed E-state index contributed by atoms with van der Waals surface area (Å²) < 4.78 is 238. The minimum atomic E-state index is -8.83. The fourth-order valence-electron chi connectivity index (χ4n) is 1.93. The molecule has 1 atom stereocenters. The fraction of sp³-hybridized carbons (Fsp3) is 0.923. The summed E-state index contributed by atoms with van der Waals surface area (Å²) in [4.78, 5) is 10.4. The molecule has 37 heavy (non-hydrogen) atoms. The maximum atomic E-state index is 13.7. The molecule has 1 unspecified atom stereocenters. The zero-order valence-electron chi connectivity index (χ0n) is 17.5. The van der Waals surface area contributed by atoms with Crippen LogP contribution in [0.5, 0.6) is 0 Å². The van der Waals surface area contributed by atoms with E-state index in [1.807, 2.05) is 0 Å². The molecule has 0 N–H and O–H groups in total. The minimum absolute atomic E-state index is 0. The molecule has 24 heteroatoms. The first-order chi connectivity index (χ1) is 15.5. The molecule has 0 saturated carbocycles. The number of hydroxylamine groups is 2. The summed E-state index contributed by atoms with van der Waals surface area (Å²) in [6, 6.07) is 0. The van der Waals surface area contributed by atoms with Gasteiger partial charge in [0.05, 0.1) is 12.5 Å². The Balaban J connectivity index is 0. The third-order valence-corrected chi connectivity index (χ3v) is 4.88. The standard InChI is InChI=1S/C13H10F17NO4S.K/c1-2-3-31(4-5(32)33)35-36(34)13(29,30)11(24,25)9(20,21)7(16,17)6(14,15)8(18,19)10(22,23)12(26,27)28;/h2-4H2,1H3,(H,32,33);/q;+1/p-1. The first kappa shape index (κ1) is 39.1. The van der Waals surface area contributed by atoms with E-state index in [9.17, 15) is 88.7 Å². The van der Waals surface area contributed by atoms with Crippen molar-refractivity contribution in [2.45, 2.75) is 60.3 Å². The van der Waals surface area contributed by atoms with Crippen molar-refractivity contribution in [2.75, 3.05) is 13.1 Å². The quantitative estimate of drug-likeness (QED) is 0.172. The number of alkyl halides is 17. The van der Waals surface area contributed by atoms with Crippen LogP contribution in [0.25, 0.3) is 0 Å². The van der Waals surface area contributed by atoms with Crippen molar-refractivity contribution in [3.63, 3.8) is 0 Å². The first-order valence-corrected chi connectivity index (χ1v) is 9.36. The smallest absolute Gasteiger partial charge is 0.549 e. The van der Waals surface area contributed by atoms with Crippen LogP contribution in [0.4, 0.5) is 74.6 Å². The Hall–Kier alpha value is -0.0136. The number of halogens is 17. The largest absolute Gasteiger partial charge is 1.00 e. The van der Waals surface area contributed by atoms with E-state index >= 15 is 0 Å². The van der Waals surface area contributed by atoms with Crippen LogP contribution in [-0.2, 0) is 20.2 Å². The van der Waals surface area contributed by atoms with Gasteiger partial charge in [0.2, 0.25) is 0 Å². The minimum Gasteiger partial charge on any atom is -0.549 e. The molecule has 0 rings (SSSR count). The maximum absolute atomic E-state index is 13.7. The number of carbonyl (C=O) groups is 1. The molecule has 0 bridgehead atoms. The van der Waals surface area contributed by atoms with Gasteiger partial charge in [-0.05, 0) is 6.42 Å². The number of carboxylic acids is 1. The van der Waals surface area contributed by atoms with Gasteiger partial charge in [0.25, 0.3) is 11.1 Å². The second-order valence-corrected chi connectivity index (χ2v) is 7.64. The normalized spacial score (nSPS) is 16.0. The molecule has 0 fully saturated rings. The van der Waals surface area contributed by atoms with Crippen molar-refractivity contribution >= 4 is 17.0 Å². The molecule has 0 spiro atoms. The van der Waals surface area contributed by atoms with Gasteiger partial charge in [-0.2, -0.15) is 84.0 Å². The van der Waals surface area contributed by atoms with Crippen LogP contribution in [0.2, 0.25) is 0 Å². The number of aliphatic carboxylic acids is 1. The van der Waals surface area contributed by atoms with E-state index in [0.29, 0.717) is 0 Å². The van der Waals surface area contributed by atoms with Crippen LogP contribution in [0.15, 0.2) is 0 Å². The summed E-state index contributed by atoms with van der Waals surface area (Å²) in [6.45, 7) is -1.61. The number of hydrogen-bond acceptors (Lipinski definition) is 5. The zero-order chi connectivity index (χ0) is 29.6. The van der Waals surface area contributed by atoms with Crippen molar-refractivity contribution < 1.29 is 144 Å². The van der Waals surface area contributed by atoms with Crippen molar-refractivity contribution in [1.29, 1.82) is 0 Å². The monoisotopic (exact) mass is 637 g/mol. The van der Waals surface area contributed by atoms with Gasteiger partial charge in [0, 0.05) is 6.54 Å². The summed E-state index contributed by atoms with van der Waals surface area (Å²) in [5.41, 5.74) is 0. The van der Waals surface area contributed by atoms with E-state index in [1.165, 1.54) is 0 Å². The molecule has 0 aromatic carbocycles. The molecule has 0 aliphatic carbocycles. The predicted octanol–water partition coefficient (Wildman–Crippen LogP) is 1.01. The van der Waals surface area contributed by atoms with Gasteiger partial charge in [-0.1, -0.05) is 6.92 Å². The third-order valence-electron chi connectivity index (χ3n) is 3.85. The Morgan fingerprint density at radius 1 is 0.703 bits per heavy atom.